The molecule has 0 radical (unpaired) electrons. The number of hydrogen-bond donors (Lipinski definition) is 2. The number of H-pyrrole nitrogens is 1. The van der Waals surface area contributed by atoms with Gasteiger partial charge in [-0.3, -0.25) is 9.59 Å². The summed E-state index contributed by atoms with van der Waals surface area (Å²) in [4.78, 5) is 42.0. The number of ether oxygens (including phenoxy) is 1. The lowest BCUT2D eigenvalue weighted by molar-refractivity contribution is -0.116. The molecule has 0 atom stereocenters. The Morgan fingerprint density at radius 3 is 2.43 bits per heavy atom. The molecule has 0 fully saturated rings. The van der Waals surface area contributed by atoms with Crippen LogP contribution in [0.5, 0.6) is 0 Å². The molecule has 1 aromatic carbocycles. The summed E-state index contributed by atoms with van der Waals surface area (Å²) < 4.78 is 4.79. The smallest absolute Gasteiger partial charge is 0.339 e. The van der Waals surface area contributed by atoms with Crippen molar-refractivity contribution in [2.24, 2.45) is 0 Å². The molecule has 0 bridgehead atoms. The van der Waals surface area contributed by atoms with Crippen LogP contribution in [0.1, 0.15) is 51.0 Å². The molecule has 2 N–H and O–H groups in total. The van der Waals surface area contributed by atoms with E-state index < -0.39 is 5.97 Å². The molecule has 2 aromatic rings. The van der Waals surface area contributed by atoms with Gasteiger partial charge in [0.1, 0.15) is 12.2 Å². The topological polar surface area (TPSA) is 91.5 Å². The number of rotatable bonds is 7. The van der Waals surface area contributed by atoms with Gasteiger partial charge in [0.05, 0.1) is 12.7 Å². The molecule has 0 spiro atoms. The number of amides is 2. The Hall–Kier alpha value is -3.09. The number of methoxy groups -OCH3 is 1. The van der Waals surface area contributed by atoms with E-state index in [0.29, 0.717) is 35.5 Å². The normalized spacial score (nSPS) is 10.5. The van der Waals surface area contributed by atoms with Gasteiger partial charge in [0.25, 0.3) is 5.91 Å². The lowest BCUT2D eigenvalue weighted by Gasteiger charge is -2.22. The highest BCUT2D eigenvalue weighted by atomic mass is 16.5. The van der Waals surface area contributed by atoms with Crippen LogP contribution in [-0.4, -0.2) is 47.9 Å². The SMILES string of the molecule is CCCN(CC(=O)Nc1ccccc1C)C(=O)c1[nH]c(C)c(C(=O)OC)c1C. The summed E-state index contributed by atoms with van der Waals surface area (Å²) in [7, 11) is 1.30. The third kappa shape index (κ3) is 4.60. The molecule has 0 aliphatic rings. The van der Waals surface area contributed by atoms with Crippen LogP contribution in [-0.2, 0) is 9.53 Å². The van der Waals surface area contributed by atoms with Crippen LogP contribution >= 0.6 is 0 Å². The Labute approximate surface area is 165 Å². The first kappa shape index (κ1) is 21.2. The van der Waals surface area contributed by atoms with Gasteiger partial charge in [0, 0.05) is 17.9 Å². The van der Waals surface area contributed by atoms with E-state index in [1.807, 2.05) is 38.1 Å². The minimum atomic E-state index is -0.496. The van der Waals surface area contributed by atoms with Crippen molar-refractivity contribution < 1.29 is 19.1 Å². The van der Waals surface area contributed by atoms with Crippen molar-refractivity contribution in [3.63, 3.8) is 0 Å². The first-order valence-electron chi connectivity index (χ1n) is 9.22. The van der Waals surface area contributed by atoms with Crippen molar-refractivity contribution in [2.45, 2.75) is 34.1 Å². The monoisotopic (exact) mass is 385 g/mol. The number of hydrogen-bond acceptors (Lipinski definition) is 4. The molecule has 0 unspecified atom stereocenters. The van der Waals surface area contributed by atoms with Crippen molar-refractivity contribution >= 4 is 23.5 Å². The maximum absolute atomic E-state index is 13.0. The van der Waals surface area contributed by atoms with Crippen molar-refractivity contribution in [1.82, 2.24) is 9.88 Å². The Morgan fingerprint density at radius 2 is 1.82 bits per heavy atom. The first-order valence-corrected chi connectivity index (χ1v) is 9.22. The average molecular weight is 385 g/mol. The number of carbonyl (C=O) groups excluding carboxylic acids is 3. The van der Waals surface area contributed by atoms with Gasteiger partial charge >= 0.3 is 5.97 Å². The Morgan fingerprint density at radius 1 is 1.14 bits per heavy atom. The molecule has 1 heterocycles. The van der Waals surface area contributed by atoms with E-state index in [1.165, 1.54) is 12.0 Å². The zero-order chi connectivity index (χ0) is 20.8. The van der Waals surface area contributed by atoms with Crippen LogP contribution in [0.25, 0.3) is 0 Å². The zero-order valence-electron chi connectivity index (χ0n) is 17.0. The van der Waals surface area contributed by atoms with Crippen LogP contribution in [0.4, 0.5) is 5.69 Å². The fourth-order valence-corrected chi connectivity index (χ4v) is 3.13. The number of anilines is 1. The number of esters is 1. The van der Waals surface area contributed by atoms with Crippen LogP contribution < -0.4 is 5.32 Å². The number of nitrogens with one attached hydrogen (secondary N) is 2. The van der Waals surface area contributed by atoms with Gasteiger partial charge < -0.3 is 19.9 Å². The van der Waals surface area contributed by atoms with Gasteiger partial charge in [-0.2, -0.15) is 0 Å². The highest BCUT2D eigenvalue weighted by Gasteiger charge is 2.26. The second kappa shape index (κ2) is 9.21. The van der Waals surface area contributed by atoms with Crippen LogP contribution in [0.2, 0.25) is 0 Å². The number of carbonyl (C=O) groups is 3. The molecule has 0 aliphatic carbocycles. The average Bonchev–Trinajstić information content (AvgIpc) is 2.96. The molecule has 2 rings (SSSR count). The molecular weight excluding hydrogens is 358 g/mol. The quantitative estimate of drug-likeness (QED) is 0.716. The van der Waals surface area contributed by atoms with Gasteiger partial charge in [-0.25, -0.2) is 4.79 Å². The van der Waals surface area contributed by atoms with Crippen molar-refractivity contribution in [2.75, 3.05) is 25.5 Å². The van der Waals surface area contributed by atoms with E-state index in [4.69, 9.17) is 4.74 Å². The summed E-state index contributed by atoms with van der Waals surface area (Å²) in [6, 6.07) is 7.47. The highest BCUT2D eigenvalue weighted by Crippen LogP contribution is 2.21. The fourth-order valence-electron chi connectivity index (χ4n) is 3.13. The summed E-state index contributed by atoms with van der Waals surface area (Å²) in [5.74, 6) is -1.09. The fraction of sp³-hybridized carbons (Fsp3) is 0.381. The second-order valence-electron chi connectivity index (χ2n) is 6.71. The van der Waals surface area contributed by atoms with E-state index in [2.05, 4.69) is 10.3 Å². The molecule has 0 aliphatic heterocycles. The lowest BCUT2D eigenvalue weighted by atomic mass is 10.1. The van der Waals surface area contributed by atoms with Crippen LogP contribution in [0.3, 0.4) is 0 Å². The summed E-state index contributed by atoms with van der Waals surface area (Å²) in [6.45, 7) is 7.60. The predicted molar refractivity (Wildman–Crippen MR) is 108 cm³/mol. The maximum atomic E-state index is 13.0. The third-order valence-electron chi connectivity index (χ3n) is 4.58. The lowest BCUT2D eigenvalue weighted by Crippen LogP contribution is -2.39. The number of benzene rings is 1. The van der Waals surface area contributed by atoms with Gasteiger partial charge in [0.15, 0.2) is 0 Å². The number of nitrogens with zero attached hydrogens (tertiary/aromatic N) is 1. The minimum absolute atomic E-state index is 0.0773. The van der Waals surface area contributed by atoms with E-state index in [-0.39, 0.29) is 18.4 Å². The molecule has 2 amide bonds. The zero-order valence-corrected chi connectivity index (χ0v) is 17.0. The van der Waals surface area contributed by atoms with Crippen LogP contribution in [0, 0.1) is 20.8 Å². The highest BCUT2D eigenvalue weighted by molar-refractivity contribution is 6.02. The minimum Gasteiger partial charge on any atom is -0.465 e. The molecular formula is C21H27N3O4. The molecule has 0 saturated heterocycles. The first-order chi connectivity index (χ1) is 13.3. The number of aromatic nitrogens is 1. The molecule has 0 saturated carbocycles. The van der Waals surface area contributed by atoms with E-state index in [9.17, 15) is 14.4 Å². The Bertz CT molecular complexity index is 886. The summed E-state index contributed by atoms with van der Waals surface area (Å²) in [6.07, 6.45) is 0.700. The van der Waals surface area contributed by atoms with E-state index in [1.54, 1.807) is 13.8 Å². The molecule has 1 aromatic heterocycles. The Kier molecular flexibility index (Phi) is 6.98. The van der Waals surface area contributed by atoms with Crippen LogP contribution in [0.15, 0.2) is 24.3 Å². The summed E-state index contributed by atoms with van der Waals surface area (Å²) in [5.41, 5.74) is 3.41. The predicted octanol–water partition coefficient (Wildman–Crippen LogP) is 3.22. The second-order valence-corrected chi connectivity index (χ2v) is 6.71. The molecule has 28 heavy (non-hydrogen) atoms. The largest absolute Gasteiger partial charge is 0.465 e. The summed E-state index contributed by atoms with van der Waals surface area (Å²) in [5, 5.41) is 2.85. The maximum Gasteiger partial charge on any atom is 0.339 e. The van der Waals surface area contributed by atoms with Gasteiger partial charge in [-0.05, 0) is 44.4 Å². The van der Waals surface area contributed by atoms with Gasteiger partial charge in [-0.1, -0.05) is 25.1 Å². The third-order valence-corrected chi connectivity index (χ3v) is 4.58. The molecule has 7 nitrogen and oxygen atoms in total. The van der Waals surface area contributed by atoms with Gasteiger partial charge in [-0.15, -0.1) is 0 Å². The number of aromatic amines is 1. The Balaban J connectivity index is 2.21. The number of aryl methyl sites for hydroxylation is 2. The standard InChI is InChI=1S/C21H27N3O4/c1-6-11-24(12-17(25)23-16-10-8-7-9-13(16)2)20(26)19-14(3)18(15(4)22-19)21(27)28-5/h7-10,22H,6,11-12H2,1-5H3,(H,23,25). The van der Waals surface area contributed by atoms with Crippen molar-refractivity contribution in [1.29, 1.82) is 0 Å². The summed E-state index contributed by atoms with van der Waals surface area (Å²) >= 11 is 0. The van der Waals surface area contributed by atoms with Gasteiger partial charge in [0.2, 0.25) is 5.91 Å². The van der Waals surface area contributed by atoms with Crippen molar-refractivity contribution in [3.05, 3.63) is 52.3 Å². The van der Waals surface area contributed by atoms with E-state index >= 15 is 0 Å². The van der Waals surface area contributed by atoms with E-state index in [0.717, 1.165) is 11.3 Å². The van der Waals surface area contributed by atoms with Crippen molar-refractivity contribution in [3.8, 4) is 0 Å². The molecule has 7 heteroatoms. The number of para-hydroxylation sites is 1. The molecule has 150 valence electrons.